The highest BCUT2D eigenvalue weighted by molar-refractivity contribution is 6.06. The molecule has 3 rings (SSSR count). The van der Waals surface area contributed by atoms with Crippen LogP contribution in [0.4, 0.5) is 5.69 Å². The molecule has 0 radical (unpaired) electrons. The number of carbonyl (C=O) groups is 1. The largest absolute Gasteiger partial charge is 0.506 e. The molecule has 0 unspecified atom stereocenters. The number of aromatic hydroxyl groups is 1. The first-order valence-electron chi connectivity index (χ1n) is 8.80. The average Bonchev–Trinajstić information content (AvgIpc) is 2.97. The predicted octanol–water partition coefficient (Wildman–Crippen LogP) is 3.92. The monoisotopic (exact) mass is 369 g/mol. The van der Waals surface area contributed by atoms with Gasteiger partial charge in [0.15, 0.2) is 11.5 Å². The van der Waals surface area contributed by atoms with E-state index in [2.05, 4.69) is 4.90 Å². The van der Waals surface area contributed by atoms with Gasteiger partial charge in [-0.25, -0.2) is 4.79 Å². The lowest BCUT2D eigenvalue weighted by Crippen LogP contribution is -2.21. The number of carbonyl (C=O) groups excluding carboxylic acids is 1. The number of benzene rings is 2. The number of fused-ring (bicyclic) bond motifs is 1. The maximum Gasteiger partial charge on any atom is 0.344 e. The number of hydrogen-bond acceptors (Lipinski definition) is 6. The molecule has 27 heavy (non-hydrogen) atoms. The first kappa shape index (κ1) is 18.6. The van der Waals surface area contributed by atoms with Crippen molar-refractivity contribution < 1.29 is 24.1 Å². The van der Waals surface area contributed by atoms with Crippen molar-refractivity contribution in [2.75, 3.05) is 32.2 Å². The Morgan fingerprint density at radius 1 is 1.04 bits per heavy atom. The molecule has 0 spiro atoms. The van der Waals surface area contributed by atoms with Crippen LogP contribution in [0.5, 0.6) is 17.2 Å². The SMILES string of the molecule is CCN(CC)c1ccc(/C=C2\OC(=O)c3cc(OC)c(OC)cc32)cc1O. The number of rotatable bonds is 6. The zero-order chi connectivity index (χ0) is 19.6. The second-order valence-corrected chi connectivity index (χ2v) is 6.07. The van der Waals surface area contributed by atoms with Gasteiger partial charge in [-0.2, -0.15) is 0 Å². The molecular weight excluding hydrogens is 346 g/mol. The standard InChI is InChI=1S/C21H23NO5/c1-5-22(6-2)16-8-7-13(9-17(16)23)10-18-14-11-19(25-3)20(26-4)12-15(14)21(24)27-18/h7-12,23H,5-6H2,1-4H3/b18-10-. The van der Waals surface area contributed by atoms with Gasteiger partial charge in [0.2, 0.25) is 0 Å². The van der Waals surface area contributed by atoms with Crippen molar-refractivity contribution in [3.8, 4) is 17.2 Å². The summed E-state index contributed by atoms with van der Waals surface area (Å²) in [5, 5.41) is 10.4. The lowest BCUT2D eigenvalue weighted by Gasteiger charge is -2.22. The van der Waals surface area contributed by atoms with Gasteiger partial charge in [-0.1, -0.05) is 6.07 Å². The van der Waals surface area contributed by atoms with Crippen molar-refractivity contribution in [3.05, 3.63) is 47.0 Å². The Bertz CT molecular complexity index is 900. The van der Waals surface area contributed by atoms with E-state index < -0.39 is 5.97 Å². The van der Waals surface area contributed by atoms with Crippen LogP contribution in [0.15, 0.2) is 30.3 Å². The van der Waals surface area contributed by atoms with Crippen LogP contribution < -0.4 is 14.4 Å². The summed E-state index contributed by atoms with van der Waals surface area (Å²) in [6, 6.07) is 8.73. The fraction of sp³-hybridized carbons (Fsp3) is 0.286. The molecule has 0 atom stereocenters. The topological polar surface area (TPSA) is 68.2 Å². The molecular formula is C21H23NO5. The predicted molar refractivity (Wildman–Crippen MR) is 105 cm³/mol. The third-order valence-corrected chi connectivity index (χ3v) is 4.61. The third-order valence-electron chi connectivity index (χ3n) is 4.61. The van der Waals surface area contributed by atoms with E-state index in [-0.39, 0.29) is 5.75 Å². The number of methoxy groups -OCH3 is 2. The third kappa shape index (κ3) is 3.43. The molecule has 2 aromatic carbocycles. The molecule has 142 valence electrons. The van der Waals surface area contributed by atoms with Crippen molar-refractivity contribution in [2.24, 2.45) is 0 Å². The number of phenolic OH excluding ortho intramolecular Hbond substituents is 1. The summed E-state index contributed by atoms with van der Waals surface area (Å²) < 4.78 is 16.0. The van der Waals surface area contributed by atoms with E-state index in [1.54, 1.807) is 24.3 Å². The Labute approximate surface area is 158 Å². The van der Waals surface area contributed by atoms with Gasteiger partial charge >= 0.3 is 5.97 Å². The molecule has 0 saturated carbocycles. The molecule has 1 N–H and O–H groups in total. The van der Waals surface area contributed by atoms with Crippen molar-refractivity contribution in [3.63, 3.8) is 0 Å². The molecule has 0 aromatic heterocycles. The average molecular weight is 369 g/mol. The minimum Gasteiger partial charge on any atom is -0.506 e. The lowest BCUT2D eigenvalue weighted by molar-refractivity contribution is 0.0717. The van der Waals surface area contributed by atoms with Gasteiger partial charge in [-0.3, -0.25) is 0 Å². The number of ether oxygens (including phenoxy) is 3. The molecule has 0 amide bonds. The fourth-order valence-electron chi connectivity index (χ4n) is 3.18. The smallest absolute Gasteiger partial charge is 0.344 e. The molecule has 0 saturated heterocycles. The van der Waals surface area contributed by atoms with Gasteiger partial charge in [0.1, 0.15) is 11.5 Å². The van der Waals surface area contributed by atoms with Crippen LogP contribution in [0.3, 0.4) is 0 Å². The van der Waals surface area contributed by atoms with E-state index in [0.717, 1.165) is 24.3 Å². The normalized spacial score (nSPS) is 14.1. The van der Waals surface area contributed by atoms with E-state index in [1.807, 2.05) is 26.0 Å². The summed E-state index contributed by atoms with van der Waals surface area (Å²) in [7, 11) is 3.05. The molecule has 2 aromatic rings. The Kier molecular flexibility index (Phi) is 5.26. The molecule has 6 nitrogen and oxygen atoms in total. The van der Waals surface area contributed by atoms with Crippen LogP contribution in [0.2, 0.25) is 0 Å². The Morgan fingerprint density at radius 3 is 2.22 bits per heavy atom. The zero-order valence-electron chi connectivity index (χ0n) is 15.9. The number of esters is 1. The molecule has 0 aliphatic carbocycles. The van der Waals surface area contributed by atoms with E-state index in [1.165, 1.54) is 14.2 Å². The van der Waals surface area contributed by atoms with Crippen LogP contribution >= 0.6 is 0 Å². The Hall–Kier alpha value is -3.15. The highest BCUT2D eigenvalue weighted by Crippen LogP contribution is 2.39. The number of cyclic esters (lactones) is 1. The summed E-state index contributed by atoms with van der Waals surface area (Å²) in [5.74, 6) is 1.13. The van der Waals surface area contributed by atoms with Crippen LogP contribution in [0, 0.1) is 0 Å². The number of hydrogen-bond donors (Lipinski definition) is 1. The molecule has 1 aliphatic heterocycles. The number of nitrogens with zero attached hydrogens (tertiary/aromatic N) is 1. The molecule has 0 fully saturated rings. The molecule has 6 heteroatoms. The summed E-state index contributed by atoms with van der Waals surface area (Å²) in [5.41, 5.74) is 2.55. The second kappa shape index (κ2) is 7.61. The van der Waals surface area contributed by atoms with Gasteiger partial charge in [0.25, 0.3) is 0 Å². The van der Waals surface area contributed by atoms with E-state index >= 15 is 0 Å². The van der Waals surface area contributed by atoms with Gasteiger partial charge in [-0.15, -0.1) is 0 Å². The van der Waals surface area contributed by atoms with Crippen LogP contribution in [-0.4, -0.2) is 38.4 Å². The summed E-state index contributed by atoms with van der Waals surface area (Å²) in [4.78, 5) is 14.3. The van der Waals surface area contributed by atoms with Crippen molar-refractivity contribution in [1.82, 2.24) is 0 Å². The van der Waals surface area contributed by atoms with E-state index in [9.17, 15) is 9.90 Å². The Balaban J connectivity index is 2.01. The van der Waals surface area contributed by atoms with Crippen molar-refractivity contribution in [2.45, 2.75) is 13.8 Å². The quantitative estimate of drug-likeness (QED) is 0.779. The van der Waals surface area contributed by atoms with Gasteiger partial charge in [0, 0.05) is 18.7 Å². The van der Waals surface area contributed by atoms with Crippen molar-refractivity contribution >= 4 is 23.5 Å². The van der Waals surface area contributed by atoms with Gasteiger partial charge < -0.3 is 24.2 Å². The first-order chi connectivity index (χ1) is 13.0. The molecule has 1 aliphatic rings. The first-order valence-corrected chi connectivity index (χ1v) is 8.80. The maximum absolute atomic E-state index is 12.2. The summed E-state index contributed by atoms with van der Waals surface area (Å²) in [6.07, 6.45) is 1.72. The van der Waals surface area contributed by atoms with Crippen molar-refractivity contribution in [1.29, 1.82) is 0 Å². The van der Waals surface area contributed by atoms with Gasteiger partial charge in [-0.05, 0) is 49.8 Å². The van der Waals surface area contributed by atoms with Crippen LogP contribution in [0.1, 0.15) is 35.3 Å². The second-order valence-electron chi connectivity index (χ2n) is 6.07. The maximum atomic E-state index is 12.2. The van der Waals surface area contributed by atoms with Gasteiger partial charge in [0.05, 0.1) is 25.5 Å². The summed E-state index contributed by atoms with van der Waals surface area (Å²) in [6.45, 7) is 5.68. The van der Waals surface area contributed by atoms with E-state index in [0.29, 0.717) is 28.4 Å². The fourth-order valence-corrected chi connectivity index (χ4v) is 3.18. The zero-order valence-corrected chi connectivity index (χ0v) is 15.9. The summed E-state index contributed by atoms with van der Waals surface area (Å²) >= 11 is 0. The highest BCUT2D eigenvalue weighted by Gasteiger charge is 2.29. The lowest BCUT2D eigenvalue weighted by atomic mass is 10.0. The minimum atomic E-state index is -0.443. The van der Waals surface area contributed by atoms with E-state index in [4.69, 9.17) is 14.2 Å². The number of anilines is 1. The number of phenols is 1. The van der Waals surface area contributed by atoms with Crippen LogP contribution in [0.25, 0.3) is 11.8 Å². The molecule has 0 bridgehead atoms. The minimum absolute atomic E-state index is 0.185. The molecule has 1 heterocycles. The Morgan fingerprint density at radius 2 is 1.67 bits per heavy atom. The van der Waals surface area contributed by atoms with Crippen LogP contribution in [-0.2, 0) is 4.74 Å². The highest BCUT2D eigenvalue weighted by atomic mass is 16.5.